The van der Waals surface area contributed by atoms with Crippen LogP contribution >= 0.6 is 0 Å². The fraction of sp³-hybridized carbons (Fsp3) is 0.438. The zero-order valence-electron chi connectivity index (χ0n) is 11.2. The Kier molecular flexibility index (Phi) is 2.55. The van der Waals surface area contributed by atoms with Gasteiger partial charge in [0.25, 0.3) is 0 Å². The van der Waals surface area contributed by atoms with Crippen LogP contribution in [0, 0.1) is 28.1 Å². The summed E-state index contributed by atoms with van der Waals surface area (Å²) in [6, 6.07) is 9.51. The molecule has 0 aliphatic heterocycles. The highest BCUT2D eigenvalue weighted by molar-refractivity contribution is 5.86. The van der Waals surface area contributed by atoms with Crippen LogP contribution in [0.4, 0.5) is 0 Å². The summed E-state index contributed by atoms with van der Waals surface area (Å²) in [6.07, 6.45) is 0. The quantitative estimate of drug-likeness (QED) is 0.768. The lowest BCUT2D eigenvalue weighted by Gasteiger charge is -2.07. The summed E-state index contributed by atoms with van der Waals surface area (Å²) in [7, 11) is 0. The van der Waals surface area contributed by atoms with Crippen molar-refractivity contribution in [1.29, 1.82) is 0 Å². The zero-order valence-corrected chi connectivity index (χ0v) is 11.2. The molecular weight excluding hydrogens is 224 g/mol. The third kappa shape index (κ3) is 1.34. The van der Waals surface area contributed by atoms with E-state index in [1.165, 1.54) is 0 Å². The van der Waals surface area contributed by atoms with Gasteiger partial charge in [-0.2, -0.15) is 0 Å². The predicted octanol–water partition coefficient (Wildman–Crippen LogP) is 3.18. The summed E-state index contributed by atoms with van der Waals surface area (Å²) in [5.74, 6) is 5.21. The molecule has 18 heavy (non-hydrogen) atoms. The number of carboxylic acid groups (broad SMARTS) is 1. The van der Waals surface area contributed by atoms with Crippen molar-refractivity contribution in [3.8, 4) is 11.8 Å². The second-order valence-corrected chi connectivity index (χ2v) is 5.92. The van der Waals surface area contributed by atoms with E-state index in [0.717, 1.165) is 5.56 Å². The number of rotatable bonds is 1. The van der Waals surface area contributed by atoms with Gasteiger partial charge in [0.05, 0.1) is 0 Å². The normalized spacial score (nSPS) is 21.6. The lowest BCUT2D eigenvalue weighted by Crippen LogP contribution is -2.21. The van der Waals surface area contributed by atoms with Crippen LogP contribution in [0.15, 0.2) is 30.3 Å². The Morgan fingerprint density at radius 2 is 1.56 bits per heavy atom. The molecule has 1 saturated carbocycles. The molecule has 0 radical (unpaired) electrons. The van der Waals surface area contributed by atoms with Gasteiger partial charge in [0.1, 0.15) is 5.41 Å². The molecule has 2 heteroatoms. The number of hydrogen-bond donors (Lipinski definition) is 1. The van der Waals surface area contributed by atoms with Gasteiger partial charge in [0.15, 0.2) is 0 Å². The molecule has 2 rings (SSSR count). The lowest BCUT2D eigenvalue weighted by molar-refractivity contribution is -0.142. The van der Waals surface area contributed by atoms with Crippen LogP contribution in [0.3, 0.4) is 0 Å². The van der Waals surface area contributed by atoms with Crippen molar-refractivity contribution in [2.24, 2.45) is 16.2 Å². The average Bonchev–Trinajstić information content (AvgIpc) is 2.65. The third-order valence-corrected chi connectivity index (χ3v) is 4.86. The highest BCUT2D eigenvalue weighted by Gasteiger charge is 2.81. The second-order valence-electron chi connectivity index (χ2n) is 5.92. The van der Waals surface area contributed by atoms with Gasteiger partial charge in [0.2, 0.25) is 0 Å². The summed E-state index contributed by atoms with van der Waals surface area (Å²) in [5, 5.41) is 9.55. The van der Waals surface area contributed by atoms with Gasteiger partial charge >= 0.3 is 5.97 Å². The highest BCUT2D eigenvalue weighted by atomic mass is 16.4. The van der Waals surface area contributed by atoms with Crippen LogP contribution in [0.25, 0.3) is 0 Å². The van der Waals surface area contributed by atoms with Crippen molar-refractivity contribution in [1.82, 2.24) is 0 Å². The van der Waals surface area contributed by atoms with Gasteiger partial charge in [-0.05, 0) is 23.0 Å². The SMILES string of the molecule is CC1(C)C(C)(C)C1(C#Cc1ccccc1)C(=O)O. The maximum absolute atomic E-state index is 11.6. The van der Waals surface area contributed by atoms with Crippen LogP contribution in [0.5, 0.6) is 0 Å². The summed E-state index contributed by atoms with van der Waals surface area (Å²) in [5.41, 5.74) is -0.714. The van der Waals surface area contributed by atoms with Gasteiger partial charge in [0, 0.05) is 5.56 Å². The van der Waals surface area contributed by atoms with Gasteiger partial charge < -0.3 is 5.11 Å². The van der Waals surface area contributed by atoms with E-state index >= 15 is 0 Å². The van der Waals surface area contributed by atoms with Crippen molar-refractivity contribution < 1.29 is 9.90 Å². The minimum atomic E-state index is -0.949. The fourth-order valence-corrected chi connectivity index (χ4v) is 2.90. The number of aliphatic carboxylic acids is 1. The summed E-state index contributed by atoms with van der Waals surface area (Å²) < 4.78 is 0. The summed E-state index contributed by atoms with van der Waals surface area (Å²) in [6.45, 7) is 7.89. The Labute approximate surface area is 108 Å². The molecule has 94 valence electrons. The van der Waals surface area contributed by atoms with E-state index in [9.17, 15) is 9.90 Å². The molecule has 0 heterocycles. The Hall–Kier alpha value is -1.75. The Morgan fingerprint density at radius 3 is 1.94 bits per heavy atom. The minimum Gasteiger partial charge on any atom is -0.480 e. The Bertz CT molecular complexity index is 527. The van der Waals surface area contributed by atoms with E-state index < -0.39 is 11.4 Å². The molecule has 0 atom stereocenters. The smallest absolute Gasteiger partial charge is 0.323 e. The molecule has 0 spiro atoms. The molecular formula is C16H18O2. The predicted molar refractivity (Wildman–Crippen MR) is 71.0 cm³/mol. The maximum atomic E-state index is 11.6. The van der Waals surface area contributed by atoms with Crippen LogP contribution in [0.2, 0.25) is 0 Å². The third-order valence-electron chi connectivity index (χ3n) is 4.86. The molecule has 0 aromatic heterocycles. The molecule has 1 aliphatic carbocycles. The van der Waals surface area contributed by atoms with E-state index in [-0.39, 0.29) is 10.8 Å². The standard InChI is InChI=1S/C16H18O2/c1-14(2)15(3,4)16(14,13(17)18)11-10-12-8-6-5-7-9-12/h5-9H,1-4H3,(H,17,18). The van der Waals surface area contributed by atoms with Gasteiger partial charge in [-0.25, -0.2) is 0 Å². The van der Waals surface area contributed by atoms with Crippen LogP contribution < -0.4 is 0 Å². The van der Waals surface area contributed by atoms with Crippen molar-refractivity contribution in [3.05, 3.63) is 35.9 Å². The molecule has 1 aromatic rings. The van der Waals surface area contributed by atoms with Crippen molar-refractivity contribution in [2.45, 2.75) is 27.7 Å². The number of carboxylic acids is 1. The number of benzene rings is 1. The van der Waals surface area contributed by atoms with E-state index in [1.807, 2.05) is 58.0 Å². The summed E-state index contributed by atoms with van der Waals surface area (Å²) in [4.78, 5) is 11.6. The molecule has 0 saturated heterocycles. The van der Waals surface area contributed by atoms with E-state index in [4.69, 9.17) is 0 Å². The molecule has 0 amide bonds. The molecule has 1 N–H and O–H groups in total. The monoisotopic (exact) mass is 242 g/mol. The highest BCUT2D eigenvalue weighted by Crippen LogP contribution is 2.77. The van der Waals surface area contributed by atoms with Gasteiger partial charge in [-0.15, -0.1) is 0 Å². The number of carbonyl (C=O) groups is 1. The second kappa shape index (κ2) is 3.62. The van der Waals surface area contributed by atoms with E-state index in [1.54, 1.807) is 0 Å². The van der Waals surface area contributed by atoms with Crippen LogP contribution in [-0.4, -0.2) is 11.1 Å². The molecule has 1 aromatic carbocycles. The van der Waals surface area contributed by atoms with Crippen molar-refractivity contribution in [2.75, 3.05) is 0 Å². The van der Waals surface area contributed by atoms with E-state index in [0.29, 0.717) is 0 Å². The summed E-state index contributed by atoms with van der Waals surface area (Å²) >= 11 is 0. The van der Waals surface area contributed by atoms with Crippen molar-refractivity contribution >= 4 is 5.97 Å². The molecule has 0 bridgehead atoms. The number of hydrogen-bond acceptors (Lipinski definition) is 1. The molecule has 2 nitrogen and oxygen atoms in total. The minimum absolute atomic E-state index is 0.312. The molecule has 1 fully saturated rings. The average molecular weight is 242 g/mol. The maximum Gasteiger partial charge on any atom is 0.323 e. The Morgan fingerprint density at radius 1 is 1.06 bits per heavy atom. The van der Waals surface area contributed by atoms with Gasteiger partial charge in [-0.1, -0.05) is 57.7 Å². The Balaban J connectivity index is 2.44. The van der Waals surface area contributed by atoms with Crippen LogP contribution in [-0.2, 0) is 4.79 Å². The lowest BCUT2D eigenvalue weighted by atomic mass is 9.95. The van der Waals surface area contributed by atoms with Crippen molar-refractivity contribution in [3.63, 3.8) is 0 Å². The largest absolute Gasteiger partial charge is 0.480 e. The van der Waals surface area contributed by atoms with E-state index in [2.05, 4.69) is 11.8 Å². The first kappa shape index (κ1) is 12.7. The first-order chi connectivity index (χ1) is 8.27. The fourth-order valence-electron chi connectivity index (χ4n) is 2.90. The first-order valence-corrected chi connectivity index (χ1v) is 6.09. The van der Waals surface area contributed by atoms with Crippen LogP contribution in [0.1, 0.15) is 33.3 Å². The van der Waals surface area contributed by atoms with Gasteiger partial charge in [-0.3, -0.25) is 4.79 Å². The topological polar surface area (TPSA) is 37.3 Å². The molecule has 1 aliphatic rings. The first-order valence-electron chi connectivity index (χ1n) is 6.09. The zero-order chi connectivity index (χ0) is 13.6. The molecule has 0 unspecified atom stereocenters.